The summed E-state index contributed by atoms with van der Waals surface area (Å²) in [6.45, 7) is 4.16. The summed E-state index contributed by atoms with van der Waals surface area (Å²) in [5.41, 5.74) is 0. The maximum Gasteiger partial charge on any atom is 0.133 e. The van der Waals surface area contributed by atoms with Gasteiger partial charge in [0.1, 0.15) is 16.2 Å². The maximum atomic E-state index is 5.39. The number of rotatable bonds is 4. The third kappa shape index (κ3) is 3.42. The van der Waals surface area contributed by atoms with Crippen LogP contribution in [0.1, 0.15) is 32.0 Å². The molecule has 0 aliphatic carbocycles. The van der Waals surface area contributed by atoms with Crippen LogP contribution in [0.2, 0.25) is 0 Å². The van der Waals surface area contributed by atoms with E-state index in [-0.39, 0.29) is 0 Å². The lowest BCUT2D eigenvalue weighted by Crippen LogP contribution is -2.37. The minimum atomic E-state index is 0.404. The van der Waals surface area contributed by atoms with E-state index in [1.807, 2.05) is 6.07 Å². The van der Waals surface area contributed by atoms with E-state index in [0.29, 0.717) is 6.10 Å². The van der Waals surface area contributed by atoms with Crippen LogP contribution in [0.5, 0.6) is 0 Å². The Morgan fingerprint density at radius 3 is 2.72 bits per heavy atom. The highest BCUT2D eigenvalue weighted by molar-refractivity contribution is 9.10. The molecule has 100 valence electrons. The molecule has 0 spiro atoms. The second-order valence-corrected chi connectivity index (χ2v) is 5.45. The van der Waals surface area contributed by atoms with Gasteiger partial charge in [0, 0.05) is 32.7 Å². The first-order valence-electron chi connectivity index (χ1n) is 6.54. The summed E-state index contributed by atoms with van der Waals surface area (Å²) in [5, 5.41) is 0. The van der Waals surface area contributed by atoms with E-state index in [9.17, 15) is 0 Å². The van der Waals surface area contributed by atoms with Gasteiger partial charge in [0.05, 0.1) is 6.10 Å². The Hall–Kier alpha value is -0.680. The van der Waals surface area contributed by atoms with Crippen LogP contribution in [0.4, 0.5) is 5.82 Å². The molecule has 0 unspecified atom stereocenters. The van der Waals surface area contributed by atoms with Crippen molar-refractivity contribution in [2.45, 2.75) is 38.7 Å². The van der Waals surface area contributed by atoms with E-state index in [2.05, 4.69) is 37.7 Å². The molecule has 18 heavy (non-hydrogen) atoms. The molecule has 0 atom stereocenters. The lowest BCUT2D eigenvalue weighted by atomic mass is 10.1. The fraction of sp³-hybridized carbons (Fsp3) is 0.692. The van der Waals surface area contributed by atoms with Gasteiger partial charge in [-0.1, -0.05) is 6.92 Å². The summed E-state index contributed by atoms with van der Waals surface area (Å²) in [6.07, 6.45) is 4.55. The van der Waals surface area contributed by atoms with Gasteiger partial charge in [0.2, 0.25) is 0 Å². The predicted molar refractivity (Wildman–Crippen MR) is 76.0 cm³/mol. The van der Waals surface area contributed by atoms with E-state index in [1.54, 1.807) is 7.11 Å². The molecule has 0 amide bonds. The predicted octanol–water partition coefficient (Wildman–Crippen LogP) is 2.81. The van der Waals surface area contributed by atoms with E-state index in [4.69, 9.17) is 4.74 Å². The number of hydrogen-bond acceptors (Lipinski definition) is 4. The van der Waals surface area contributed by atoms with Crippen LogP contribution in [0.3, 0.4) is 0 Å². The van der Waals surface area contributed by atoms with Crippen LogP contribution in [-0.2, 0) is 11.2 Å². The van der Waals surface area contributed by atoms with Gasteiger partial charge >= 0.3 is 0 Å². The summed E-state index contributed by atoms with van der Waals surface area (Å²) in [6, 6.07) is 2.01. The van der Waals surface area contributed by atoms with Crippen molar-refractivity contribution in [1.29, 1.82) is 0 Å². The van der Waals surface area contributed by atoms with Crippen molar-refractivity contribution in [2.75, 3.05) is 25.1 Å². The highest BCUT2D eigenvalue weighted by Gasteiger charge is 2.20. The van der Waals surface area contributed by atoms with E-state index < -0.39 is 0 Å². The zero-order valence-electron chi connectivity index (χ0n) is 11.0. The van der Waals surface area contributed by atoms with Crippen LogP contribution >= 0.6 is 15.9 Å². The molecule has 4 nitrogen and oxygen atoms in total. The molecule has 1 fully saturated rings. The van der Waals surface area contributed by atoms with Crippen molar-refractivity contribution in [3.63, 3.8) is 0 Å². The zero-order chi connectivity index (χ0) is 13.0. The Kier molecular flexibility index (Phi) is 4.95. The second-order valence-electron chi connectivity index (χ2n) is 4.64. The van der Waals surface area contributed by atoms with Crippen LogP contribution in [-0.4, -0.2) is 36.3 Å². The van der Waals surface area contributed by atoms with Crippen molar-refractivity contribution in [1.82, 2.24) is 9.97 Å². The molecule has 5 heteroatoms. The molecule has 1 saturated heterocycles. The quantitative estimate of drug-likeness (QED) is 0.801. The topological polar surface area (TPSA) is 38.2 Å². The molecular formula is C13H20BrN3O. The molecule has 0 bridgehead atoms. The number of methoxy groups -OCH3 is 1. The number of nitrogens with zero attached hydrogens (tertiary/aromatic N) is 3. The highest BCUT2D eigenvalue weighted by atomic mass is 79.9. The molecule has 1 aliphatic rings. The van der Waals surface area contributed by atoms with Crippen molar-refractivity contribution in [3.8, 4) is 0 Å². The average Bonchev–Trinajstić information content (AvgIpc) is 2.38. The zero-order valence-corrected chi connectivity index (χ0v) is 12.6. The molecule has 1 aliphatic heterocycles. The highest BCUT2D eigenvalue weighted by Crippen LogP contribution is 2.22. The fourth-order valence-electron chi connectivity index (χ4n) is 2.27. The smallest absolute Gasteiger partial charge is 0.133 e. The van der Waals surface area contributed by atoms with Crippen LogP contribution in [0.25, 0.3) is 0 Å². The van der Waals surface area contributed by atoms with Gasteiger partial charge in [-0.2, -0.15) is 0 Å². The fourth-order valence-corrected chi connectivity index (χ4v) is 2.68. The maximum absolute atomic E-state index is 5.39. The van der Waals surface area contributed by atoms with Crippen LogP contribution in [0, 0.1) is 0 Å². The summed E-state index contributed by atoms with van der Waals surface area (Å²) in [4.78, 5) is 11.4. The average molecular weight is 314 g/mol. The normalized spacial score (nSPS) is 17.2. The molecule has 1 aromatic rings. The molecule has 1 aromatic heterocycles. The monoisotopic (exact) mass is 313 g/mol. The van der Waals surface area contributed by atoms with E-state index >= 15 is 0 Å². The third-order valence-corrected chi connectivity index (χ3v) is 3.71. The number of piperidine rings is 1. The number of hydrogen-bond donors (Lipinski definition) is 0. The number of ether oxygens (including phenoxy) is 1. The summed E-state index contributed by atoms with van der Waals surface area (Å²) in [5.74, 6) is 1.96. The largest absolute Gasteiger partial charge is 0.381 e. The summed E-state index contributed by atoms with van der Waals surface area (Å²) in [7, 11) is 1.79. The molecular weight excluding hydrogens is 294 g/mol. The van der Waals surface area contributed by atoms with Crippen molar-refractivity contribution >= 4 is 21.7 Å². The first-order valence-corrected chi connectivity index (χ1v) is 7.33. The molecule has 2 rings (SSSR count). The first-order chi connectivity index (χ1) is 8.72. The Bertz CT molecular complexity index is 392. The number of halogens is 1. The van der Waals surface area contributed by atoms with Gasteiger partial charge in [-0.05, 0) is 35.2 Å². The van der Waals surface area contributed by atoms with Gasteiger partial charge in [0.25, 0.3) is 0 Å². The molecule has 0 radical (unpaired) electrons. The van der Waals surface area contributed by atoms with Crippen molar-refractivity contribution in [2.24, 2.45) is 0 Å². The van der Waals surface area contributed by atoms with Crippen molar-refractivity contribution < 1.29 is 4.74 Å². The molecule has 0 N–H and O–H groups in total. The van der Waals surface area contributed by atoms with E-state index in [1.165, 1.54) is 0 Å². The molecule has 2 heterocycles. The lowest BCUT2D eigenvalue weighted by Gasteiger charge is -2.32. The van der Waals surface area contributed by atoms with Gasteiger partial charge in [0.15, 0.2) is 0 Å². The van der Waals surface area contributed by atoms with Crippen molar-refractivity contribution in [3.05, 3.63) is 16.5 Å². The minimum absolute atomic E-state index is 0.404. The molecule has 0 saturated carbocycles. The summed E-state index contributed by atoms with van der Waals surface area (Å²) >= 11 is 3.47. The molecule has 0 aromatic carbocycles. The van der Waals surface area contributed by atoms with Gasteiger partial charge < -0.3 is 9.64 Å². The van der Waals surface area contributed by atoms with E-state index in [0.717, 1.165) is 55.0 Å². The lowest BCUT2D eigenvalue weighted by molar-refractivity contribution is 0.0818. The second kappa shape index (κ2) is 6.48. The minimum Gasteiger partial charge on any atom is -0.381 e. The number of aromatic nitrogens is 2. The number of anilines is 1. The van der Waals surface area contributed by atoms with Gasteiger partial charge in [-0.15, -0.1) is 0 Å². The van der Waals surface area contributed by atoms with Crippen LogP contribution < -0.4 is 4.90 Å². The Balaban J connectivity index is 2.08. The van der Waals surface area contributed by atoms with Gasteiger partial charge in [-0.3, -0.25) is 0 Å². The Morgan fingerprint density at radius 2 is 2.11 bits per heavy atom. The Morgan fingerprint density at radius 1 is 1.39 bits per heavy atom. The standard InChI is InChI=1S/C13H20BrN3O/c1-3-4-12-15-11(14)9-13(16-12)17-7-5-10(18-2)6-8-17/h9-10H,3-8H2,1-2H3. The Labute approximate surface area is 117 Å². The number of aryl methyl sites for hydroxylation is 1. The summed E-state index contributed by atoms with van der Waals surface area (Å²) < 4.78 is 6.27. The van der Waals surface area contributed by atoms with Gasteiger partial charge in [-0.25, -0.2) is 9.97 Å². The first kappa shape index (κ1) is 13.7. The SMILES string of the molecule is CCCc1nc(Br)cc(N2CCC(OC)CC2)n1. The van der Waals surface area contributed by atoms with Crippen LogP contribution in [0.15, 0.2) is 10.7 Å². The third-order valence-electron chi connectivity index (χ3n) is 3.30.